The van der Waals surface area contributed by atoms with Crippen LogP contribution in [0.2, 0.25) is 0 Å². The van der Waals surface area contributed by atoms with Gasteiger partial charge < -0.3 is 14.9 Å². The molecule has 0 radical (unpaired) electrons. The Labute approximate surface area is 116 Å². The van der Waals surface area contributed by atoms with E-state index in [1.54, 1.807) is 20.8 Å². The Kier molecular flexibility index (Phi) is 2.43. The molecule has 0 aromatic heterocycles. The van der Waals surface area contributed by atoms with E-state index in [-0.39, 0.29) is 25.0 Å². The minimum absolute atomic E-state index is 0.0336. The van der Waals surface area contributed by atoms with Gasteiger partial charge in [-0.1, -0.05) is 6.92 Å². The first-order valence-electron chi connectivity index (χ1n) is 6.71. The second-order valence-electron chi connectivity index (χ2n) is 6.52. The summed E-state index contributed by atoms with van der Waals surface area (Å²) in [5.41, 5.74) is -0.695. The van der Waals surface area contributed by atoms with Gasteiger partial charge in [0.2, 0.25) is 5.79 Å². The summed E-state index contributed by atoms with van der Waals surface area (Å²) in [6.07, 6.45) is 1.74. The molecule has 1 saturated carbocycles. The number of allylic oxidation sites excluding steroid dienone is 1. The topological polar surface area (TPSA) is 83.8 Å². The zero-order valence-electron chi connectivity index (χ0n) is 11.8. The zero-order valence-corrected chi connectivity index (χ0v) is 11.8. The van der Waals surface area contributed by atoms with E-state index in [0.29, 0.717) is 16.7 Å². The summed E-state index contributed by atoms with van der Waals surface area (Å²) in [7, 11) is 0. The van der Waals surface area contributed by atoms with Crippen LogP contribution in [-0.2, 0) is 14.3 Å². The number of ketones is 1. The van der Waals surface area contributed by atoms with Crippen molar-refractivity contribution in [1.29, 1.82) is 0 Å². The molecule has 0 aromatic carbocycles. The lowest BCUT2D eigenvalue weighted by Gasteiger charge is -2.54. The molecule has 0 spiro atoms. The van der Waals surface area contributed by atoms with E-state index >= 15 is 0 Å². The van der Waals surface area contributed by atoms with Crippen LogP contribution in [0.3, 0.4) is 0 Å². The third kappa shape index (κ3) is 1.45. The maximum absolute atomic E-state index is 11.8. The standard InChI is InChI=1S/C15H18O5/c1-8-4-10(16)5-13(3)7-15(19)11(6-14(8,13)18)9(2)12(17)20-15/h4,18-19H,5-7H2,1-3H3. The van der Waals surface area contributed by atoms with E-state index in [1.807, 2.05) is 0 Å². The van der Waals surface area contributed by atoms with E-state index in [0.717, 1.165) is 0 Å². The third-order valence-electron chi connectivity index (χ3n) is 5.15. The highest BCUT2D eigenvalue weighted by atomic mass is 16.7. The smallest absolute Gasteiger partial charge is 0.336 e. The summed E-state index contributed by atoms with van der Waals surface area (Å²) in [5.74, 6) is -2.31. The Bertz CT molecular complexity index is 601. The minimum atomic E-state index is -1.68. The Morgan fingerprint density at radius 1 is 1.20 bits per heavy atom. The monoisotopic (exact) mass is 278 g/mol. The molecule has 5 heteroatoms. The van der Waals surface area contributed by atoms with Crippen LogP contribution >= 0.6 is 0 Å². The van der Waals surface area contributed by atoms with Crippen molar-refractivity contribution in [2.24, 2.45) is 5.41 Å². The number of fused-ring (bicyclic) bond motifs is 2. The highest BCUT2D eigenvalue weighted by Crippen LogP contribution is 2.59. The molecular weight excluding hydrogens is 260 g/mol. The Morgan fingerprint density at radius 3 is 2.50 bits per heavy atom. The first kappa shape index (κ1) is 13.5. The molecule has 1 fully saturated rings. The highest BCUT2D eigenvalue weighted by molar-refractivity contribution is 5.94. The van der Waals surface area contributed by atoms with Crippen LogP contribution in [0, 0.1) is 5.41 Å². The molecule has 0 bridgehead atoms. The molecule has 0 amide bonds. The molecule has 1 heterocycles. The molecule has 20 heavy (non-hydrogen) atoms. The van der Waals surface area contributed by atoms with Crippen LogP contribution < -0.4 is 0 Å². The van der Waals surface area contributed by atoms with Gasteiger partial charge in [-0.3, -0.25) is 4.79 Å². The van der Waals surface area contributed by atoms with Gasteiger partial charge in [-0.05, 0) is 25.5 Å². The van der Waals surface area contributed by atoms with Crippen molar-refractivity contribution in [3.8, 4) is 0 Å². The van der Waals surface area contributed by atoms with Gasteiger partial charge in [-0.25, -0.2) is 4.79 Å². The summed E-state index contributed by atoms with van der Waals surface area (Å²) in [5, 5.41) is 21.7. The van der Waals surface area contributed by atoms with Gasteiger partial charge in [0.1, 0.15) is 0 Å². The van der Waals surface area contributed by atoms with E-state index in [2.05, 4.69) is 0 Å². The number of ether oxygens (including phenoxy) is 1. The SMILES string of the molecule is CC1=CC(=O)CC2(C)CC3(O)OC(=O)C(C)=C3CC12O. The third-order valence-corrected chi connectivity index (χ3v) is 5.15. The van der Waals surface area contributed by atoms with Crippen molar-refractivity contribution >= 4 is 11.8 Å². The molecule has 3 aliphatic rings. The Hall–Kier alpha value is -1.46. The fourth-order valence-corrected chi connectivity index (χ4v) is 3.89. The normalized spacial score (nSPS) is 44.0. The second kappa shape index (κ2) is 3.59. The summed E-state index contributed by atoms with van der Waals surface area (Å²) in [4.78, 5) is 23.5. The van der Waals surface area contributed by atoms with E-state index in [1.165, 1.54) is 6.08 Å². The summed E-state index contributed by atoms with van der Waals surface area (Å²) >= 11 is 0. The average molecular weight is 278 g/mol. The number of carbonyl (C=O) groups excluding carboxylic acids is 2. The van der Waals surface area contributed by atoms with Crippen molar-refractivity contribution in [1.82, 2.24) is 0 Å². The number of aliphatic hydroxyl groups is 2. The van der Waals surface area contributed by atoms with Crippen LogP contribution in [0.4, 0.5) is 0 Å². The summed E-state index contributed by atoms with van der Waals surface area (Å²) in [6, 6.07) is 0. The lowest BCUT2D eigenvalue weighted by Crippen LogP contribution is -2.59. The van der Waals surface area contributed by atoms with Gasteiger partial charge in [0.05, 0.1) is 5.60 Å². The fourth-order valence-electron chi connectivity index (χ4n) is 3.89. The maximum atomic E-state index is 11.8. The number of rotatable bonds is 0. The first-order valence-corrected chi connectivity index (χ1v) is 6.71. The van der Waals surface area contributed by atoms with E-state index in [9.17, 15) is 19.8 Å². The van der Waals surface area contributed by atoms with Gasteiger partial charge in [-0.15, -0.1) is 0 Å². The van der Waals surface area contributed by atoms with E-state index < -0.39 is 22.8 Å². The van der Waals surface area contributed by atoms with Gasteiger partial charge in [0.25, 0.3) is 0 Å². The Morgan fingerprint density at radius 2 is 1.85 bits per heavy atom. The van der Waals surface area contributed by atoms with Crippen molar-refractivity contribution in [2.45, 2.75) is 51.4 Å². The van der Waals surface area contributed by atoms with Crippen molar-refractivity contribution in [3.63, 3.8) is 0 Å². The molecule has 2 aliphatic carbocycles. The molecule has 3 unspecified atom stereocenters. The van der Waals surface area contributed by atoms with Crippen molar-refractivity contribution in [3.05, 3.63) is 22.8 Å². The molecule has 2 N–H and O–H groups in total. The minimum Gasteiger partial charge on any atom is -0.426 e. The molecular formula is C15H18O5. The molecule has 108 valence electrons. The van der Waals surface area contributed by atoms with Gasteiger partial charge >= 0.3 is 5.97 Å². The summed E-state index contributed by atoms with van der Waals surface area (Å²) < 4.78 is 5.10. The van der Waals surface area contributed by atoms with Crippen LogP contribution in [0.1, 0.15) is 40.0 Å². The maximum Gasteiger partial charge on any atom is 0.336 e. The predicted molar refractivity (Wildman–Crippen MR) is 69.4 cm³/mol. The van der Waals surface area contributed by atoms with Gasteiger partial charge in [-0.2, -0.15) is 0 Å². The van der Waals surface area contributed by atoms with Crippen LogP contribution in [0.15, 0.2) is 22.8 Å². The zero-order chi connectivity index (χ0) is 14.9. The quantitative estimate of drug-likeness (QED) is 0.646. The summed E-state index contributed by atoms with van der Waals surface area (Å²) in [6.45, 7) is 5.07. The molecule has 3 rings (SSSR count). The fraction of sp³-hybridized carbons (Fsp3) is 0.600. The van der Waals surface area contributed by atoms with Crippen LogP contribution in [0.5, 0.6) is 0 Å². The highest BCUT2D eigenvalue weighted by Gasteiger charge is 2.63. The second-order valence-corrected chi connectivity index (χ2v) is 6.52. The number of esters is 1. The predicted octanol–water partition coefficient (Wildman–Crippen LogP) is 0.999. The number of hydrogen-bond donors (Lipinski definition) is 2. The average Bonchev–Trinajstić information content (AvgIpc) is 2.49. The first-order chi connectivity index (χ1) is 9.11. The van der Waals surface area contributed by atoms with Crippen molar-refractivity contribution in [2.75, 3.05) is 0 Å². The van der Waals surface area contributed by atoms with Gasteiger partial charge in [0, 0.05) is 35.8 Å². The Balaban J connectivity index is 2.16. The molecule has 0 aromatic rings. The van der Waals surface area contributed by atoms with E-state index in [4.69, 9.17) is 4.74 Å². The van der Waals surface area contributed by atoms with Gasteiger partial charge in [0.15, 0.2) is 5.78 Å². The lowest BCUT2D eigenvalue weighted by molar-refractivity contribution is -0.221. The number of hydrogen-bond acceptors (Lipinski definition) is 5. The number of carbonyl (C=O) groups is 2. The molecule has 5 nitrogen and oxygen atoms in total. The van der Waals surface area contributed by atoms with Crippen LogP contribution in [-0.4, -0.2) is 33.4 Å². The molecule has 3 atom stereocenters. The molecule has 0 saturated heterocycles. The van der Waals surface area contributed by atoms with Crippen molar-refractivity contribution < 1.29 is 24.5 Å². The van der Waals surface area contributed by atoms with Crippen LogP contribution in [0.25, 0.3) is 0 Å². The lowest BCUT2D eigenvalue weighted by atomic mass is 9.54. The molecule has 1 aliphatic heterocycles. The largest absolute Gasteiger partial charge is 0.426 e.